The summed E-state index contributed by atoms with van der Waals surface area (Å²) >= 11 is 2.13. The first-order valence-corrected chi connectivity index (χ1v) is 9.94. The molecule has 1 saturated heterocycles. The molecule has 0 bridgehead atoms. The molecule has 1 aliphatic heterocycles. The van der Waals surface area contributed by atoms with Crippen LogP contribution in [0.15, 0.2) is 36.4 Å². The lowest BCUT2D eigenvalue weighted by Gasteiger charge is -2.34. The molecule has 0 aromatic heterocycles. The zero-order valence-electron chi connectivity index (χ0n) is 15.6. The lowest BCUT2D eigenvalue weighted by atomic mass is 10.1. The van der Waals surface area contributed by atoms with Gasteiger partial charge in [-0.1, -0.05) is 6.07 Å². The zero-order valence-corrected chi connectivity index (χ0v) is 17.8. The number of carbonyl (C=O) groups is 1. The van der Waals surface area contributed by atoms with Gasteiger partial charge in [-0.15, -0.1) is 0 Å². The van der Waals surface area contributed by atoms with E-state index in [0.29, 0.717) is 24.3 Å². The minimum absolute atomic E-state index is 0.143. The SMILES string of the molecule is Cc1ccc(C(=O)Nc2cc(N3CCN(C)CC3)cc(C(F)(F)F)c2)cc1I. The van der Waals surface area contributed by atoms with E-state index in [1.807, 2.05) is 24.9 Å². The van der Waals surface area contributed by atoms with Crippen molar-refractivity contribution in [3.8, 4) is 0 Å². The molecule has 1 heterocycles. The van der Waals surface area contributed by atoms with Crippen molar-refractivity contribution >= 4 is 39.9 Å². The number of hydrogen-bond acceptors (Lipinski definition) is 3. The summed E-state index contributed by atoms with van der Waals surface area (Å²) in [5.41, 5.74) is 1.29. The predicted octanol–water partition coefficient (Wildman–Crippen LogP) is 4.62. The molecule has 1 amide bonds. The molecule has 0 spiro atoms. The van der Waals surface area contributed by atoms with E-state index in [4.69, 9.17) is 0 Å². The molecule has 0 radical (unpaired) electrons. The second-order valence-corrected chi connectivity index (χ2v) is 8.14. The summed E-state index contributed by atoms with van der Waals surface area (Å²) in [6.45, 7) is 4.76. The number of halogens is 4. The molecule has 150 valence electrons. The van der Waals surface area contributed by atoms with E-state index in [1.54, 1.807) is 18.2 Å². The van der Waals surface area contributed by atoms with Crippen LogP contribution in [0.3, 0.4) is 0 Å². The third-order valence-corrected chi connectivity index (χ3v) is 5.97. The largest absolute Gasteiger partial charge is 0.416 e. The first-order chi connectivity index (χ1) is 13.1. The van der Waals surface area contributed by atoms with Gasteiger partial charge in [0.05, 0.1) is 5.56 Å². The van der Waals surface area contributed by atoms with E-state index in [0.717, 1.165) is 34.4 Å². The maximum atomic E-state index is 13.4. The summed E-state index contributed by atoms with van der Waals surface area (Å²) in [5.74, 6) is -0.429. The molecule has 0 atom stereocenters. The fourth-order valence-electron chi connectivity index (χ4n) is 3.03. The van der Waals surface area contributed by atoms with Crippen molar-refractivity contribution in [3.05, 3.63) is 56.7 Å². The van der Waals surface area contributed by atoms with Crippen molar-refractivity contribution in [1.29, 1.82) is 0 Å². The van der Waals surface area contributed by atoms with Gasteiger partial charge in [0.1, 0.15) is 0 Å². The maximum absolute atomic E-state index is 13.4. The van der Waals surface area contributed by atoms with Gasteiger partial charge in [0.25, 0.3) is 5.91 Å². The minimum atomic E-state index is -4.48. The van der Waals surface area contributed by atoms with Gasteiger partial charge in [0, 0.05) is 46.7 Å². The highest BCUT2D eigenvalue weighted by atomic mass is 127. The van der Waals surface area contributed by atoms with Crippen LogP contribution in [0.25, 0.3) is 0 Å². The Morgan fingerprint density at radius 1 is 1.07 bits per heavy atom. The Labute approximate surface area is 175 Å². The van der Waals surface area contributed by atoms with E-state index in [2.05, 4.69) is 32.8 Å². The monoisotopic (exact) mass is 503 g/mol. The van der Waals surface area contributed by atoms with Crippen molar-refractivity contribution < 1.29 is 18.0 Å². The summed E-state index contributed by atoms with van der Waals surface area (Å²) in [5, 5.41) is 2.63. The summed E-state index contributed by atoms with van der Waals surface area (Å²) in [6.07, 6.45) is -4.48. The summed E-state index contributed by atoms with van der Waals surface area (Å²) < 4.78 is 41.1. The fourth-order valence-corrected chi connectivity index (χ4v) is 3.55. The van der Waals surface area contributed by atoms with E-state index in [-0.39, 0.29) is 5.69 Å². The molecular weight excluding hydrogens is 482 g/mol. The van der Waals surface area contributed by atoms with Crippen molar-refractivity contribution in [2.24, 2.45) is 0 Å². The number of piperazine rings is 1. The average Bonchev–Trinajstić information content (AvgIpc) is 2.63. The number of nitrogens with one attached hydrogen (secondary N) is 1. The standard InChI is InChI=1S/C20H21F3IN3O/c1-13-3-4-14(9-18(13)24)19(28)25-16-10-15(20(21,22)23)11-17(12-16)27-7-5-26(2)6-8-27/h3-4,9-12H,5-8H2,1-2H3,(H,25,28). The number of likely N-dealkylation sites (N-methyl/N-ethyl adjacent to an activating group) is 1. The Morgan fingerprint density at radius 3 is 2.36 bits per heavy atom. The van der Waals surface area contributed by atoms with Gasteiger partial charge in [-0.2, -0.15) is 13.2 Å². The summed E-state index contributed by atoms with van der Waals surface area (Å²) in [7, 11) is 1.98. The van der Waals surface area contributed by atoms with Crippen molar-refractivity contribution in [1.82, 2.24) is 4.90 Å². The zero-order chi connectivity index (χ0) is 20.5. The van der Waals surface area contributed by atoms with Crippen LogP contribution in [0.4, 0.5) is 24.5 Å². The van der Waals surface area contributed by atoms with Gasteiger partial charge in [-0.05, 0) is 72.5 Å². The van der Waals surface area contributed by atoms with Crippen molar-refractivity contribution in [2.75, 3.05) is 43.4 Å². The van der Waals surface area contributed by atoms with E-state index >= 15 is 0 Å². The Kier molecular flexibility index (Phi) is 6.18. The molecule has 1 fully saturated rings. The quantitative estimate of drug-likeness (QED) is 0.622. The molecule has 0 saturated carbocycles. The highest BCUT2D eigenvalue weighted by Crippen LogP contribution is 2.35. The third-order valence-electron chi connectivity index (χ3n) is 4.81. The molecule has 1 aliphatic rings. The van der Waals surface area contributed by atoms with Gasteiger partial charge < -0.3 is 15.1 Å². The van der Waals surface area contributed by atoms with Crippen molar-refractivity contribution in [2.45, 2.75) is 13.1 Å². The Balaban J connectivity index is 1.89. The lowest BCUT2D eigenvalue weighted by Crippen LogP contribution is -2.44. The fraction of sp³-hybridized carbons (Fsp3) is 0.350. The number of carbonyl (C=O) groups excluding carboxylic acids is 1. The highest BCUT2D eigenvalue weighted by molar-refractivity contribution is 14.1. The number of nitrogens with zero attached hydrogens (tertiary/aromatic N) is 2. The second kappa shape index (κ2) is 8.28. The molecule has 0 unspecified atom stereocenters. The van der Waals surface area contributed by atoms with Crippen LogP contribution in [0.5, 0.6) is 0 Å². The van der Waals surface area contributed by atoms with Crippen LogP contribution in [-0.4, -0.2) is 44.0 Å². The molecule has 2 aromatic rings. The van der Waals surface area contributed by atoms with Crippen LogP contribution in [0.2, 0.25) is 0 Å². The summed E-state index contributed by atoms with van der Waals surface area (Å²) in [6, 6.07) is 8.95. The second-order valence-electron chi connectivity index (χ2n) is 6.97. The Morgan fingerprint density at radius 2 is 1.75 bits per heavy atom. The Bertz CT molecular complexity index is 877. The van der Waals surface area contributed by atoms with Gasteiger partial charge >= 0.3 is 6.18 Å². The first-order valence-electron chi connectivity index (χ1n) is 8.87. The molecule has 8 heteroatoms. The number of aryl methyl sites for hydroxylation is 1. The smallest absolute Gasteiger partial charge is 0.369 e. The molecule has 0 aliphatic carbocycles. The number of anilines is 2. The van der Waals surface area contributed by atoms with Crippen LogP contribution in [0, 0.1) is 10.5 Å². The molecular formula is C20H21F3IN3O. The molecule has 28 heavy (non-hydrogen) atoms. The van der Waals surface area contributed by atoms with Gasteiger partial charge in [0.2, 0.25) is 0 Å². The number of hydrogen-bond donors (Lipinski definition) is 1. The van der Waals surface area contributed by atoms with Crippen LogP contribution in [0.1, 0.15) is 21.5 Å². The molecule has 3 rings (SSSR count). The van der Waals surface area contributed by atoms with Gasteiger partial charge in [0.15, 0.2) is 0 Å². The van der Waals surface area contributed by atoms with Gasteiger partial charge in [-0.3, -0.25) is 4.79 Å². The van der Waals surface area contributed by atoms with E-state index < -0.39 is 17.6 Å². The minimum Gasteiger partial charge on any atom is -0.369 e. The normalized spacial score (nSPS) is 15.6. The summed E-state index contributed by atoms with van der Waals surface area (Å²) in [4.78, 5) is 16.6. The topological polar surface area (TPSA) is 35.6 Å². The molecule has 2 aromatic carbocycles. The lowest BCUT2D eigenvalue weighted by molar-refractivity contribution is -0.137. The van der Waals surface area contributed by atoms with Gasteiger partial charge in [-0.25, -0.2) is 0 Å². The number of alkyl halides is 3. The number of benzene rings is 2. The van der Waals surface area contributed by atoms with Crippen LogP contribution < -0.4 is 10.2 Å². The number of rotatable bonds is 3. The van der Waals surface area contributed by atoms with E-state index in [9.17, 15) is 18.0 Å². The van der Waals surface area contributed by atoms with Crippen LogP contribution >= 0.6 is 22.6 Å². The molecule has 1 N–H and O–H groups in total. The van der Waals surface area contributed by atoms with E-state index in [1.165, 1.54) is 0 Å². The highest BCUT2D eigenvalue weighted by Gasteiger charge is 2.32. The van der Waals surface area contributed by atoms with Crippen molar-refractivity contribution in [3.63, 3.8) is 0 Å². The molecule has 4 nitrogen and oxygen atoms in total. The third kappa shape index (κ3) is 4.96. The maximum Gasteiger partial charge on any atom is 0.416 e. The Hall–Kier alpha value is -1.81. The number of amides is 1. The van der Waals surface area contributed by atoms with Crippen LogP contribution in [-0.2, 0) is 6.18 Å². The first kappa shape index (κ1) is 20.9. The predicted molar refractivity (Wildman–Crippen MR) is 113 cm³/mol. The average molecular weight is 503 g/mol.